The third-order valence-corrected chi connectivity index (χ3v) is 4.30. The van der Waals surface area contributed by atoms with Crippen LogP contribution in [0.4, 0.5) is 0 Å². The van der Waals surface area contributed by atoms with Crippen LogP contribution in [0.2, 0.25) is 0 Å². The Bertz CT molecular complexity index is 988. The van der Waals surface area contributed by atoms with Crippen molar-refractivity contribution in [2.45, 2.75) is 13.1 Å². The summed E-state index contributed by atoms with van der Waals surface area (Å²) in [6.45, 7) is 5.18. The van der Waals surface area contributed by atoms with Gasteiger partial charge in [0, 0.05) is 24.7 Å². The molecule has 3 rings (SSSR count). The number of methoxy groups -OCH3 is 1. The third-order valence-electron chi connectivity index (χ3n) is 4.30. The first-order valence-electron chi connectivity index (χ1n) is 9.55. The molecular weight excluding hydrogens is 507 g/mol. The van der Waals surface area contributed by atoms with Crippen molar-refractivity contribution in [3.63, 3.8) is 0 Å². The zero-order valence-electron chi connectivity index (χ0n) is 17.6. The Morgan fingerprint density at radius 3 is 2.58 bits per heavy atom. The van der Waals surface area contributed by atoms with E-state index in [1.165, 1.54) is 0 Å². The van der Waals surface area contributed by atoms with Crippen LogP contribution >= 0.6 is 24.0 Å². The van der Waals surface area contributed by atoms with E-state index in [2.05, 4.69) is 37.4 Å². The van der Waals surface area contributed by atoms with E-state index in [0.29, 0.717) is 37.3 Å². The molecule has 0 saturated heterocycles. The maximum Gasteiger partial charge on any atom is 0.191 e. The summed E-state index contributed by atoms with van der Waals surface area (Å²) >= 11 is 0. The van der Waals surface area contributed by atoms with Crippen molar-refractivity contribution in [3.05, 3.63) is 72.6 Å². The average molecular weight is 534 g/mol. The highest BCUT2D eigenvalue weighted by atomic mass is 127. The number of aromatic nitrogens is 3. The lowest BCUT2D eigenvalue weighted by Crippen LogP contribution is -2.36. The van der Waals surface area contributed by atoms with Gasteiger partial charge in [0.1, 0.15) is 23.9 Å². The predicted octanol–water partition coefficient (Wildman–Crippen LogP) is 3.53. The van der Waals surface area contributed by atoms with Crippen LogP contribution in [0.5, 0.6) is 11.5 Å². The van der Waals surface area contributed by atoms with Gasteiger partial charge in [-0.2, -0.15) is 5.10 Å². The molecule has 0 atom stereocenters. The minimum absolute atomic E-state index is 0. The number of rotatable bonds is 9. The molecule has 1 aromatic heterocycles. The number of para-hydroxylation sites is 1. The van der Waals surface area contributed by atoms with E-state index in [-0.39, 0.29) is 24.0 Å². The number of ether oxygens (including phenoxy) is 2. The Kier molecular flexibility index (Phi) is 9.82. The number of H-pyrrole nitrogens is 1. The predicted molar refractivity (Wildman–Crippen MR) is 133 cm³/mol. The lowest BCUT2D eigenvalue weighted by Gasteiger charge is -2.13. The Labute approximate surface area is 199 Å². The maximum atomic E-state index is 5.69. The number of benzene rings is 2. The van der Waals surface area contributed by atoms with Crippen LogP contribution in [0.1, 0.15) is 11.4 Å². The normalized spacial score (nSPS) is 10.7. The van der Waals surface area contributed by atoms with Gasteiger partial charge in [0.05, 0.1) is 13.7 Å². The van der Waals surface area contributed by atoms with Crippen molar-refractivity contribution >= 4 is 29.9 Å². The largest absolute Gasteiger partial charge is 0.497 e. The van der Waals surface area contributed by atoms with Crippen molar-refractivity contribution in [1.29, 1.82) is 0 Å². The minimum Gasteiger partial charge on any atom is -0.497 e. The molecule has 0 fully saturated rings. The van der Waals surface area contributed by atoms with E-state index in [1.54, 1.807) is 20.2 Å². The van der Waals surface area contributed by atoms with Gasteiger partial charge in [0.15, 0.2) is 11.8 Å². The fourth-order valence-electron chi connectivity index (χ4n) is 2.75. The first kappa shape index (κ1) is 24.2. The highest BCUT2D eigenvalue weighted by molar-refractivity contribution is 14.0. The summed E-state index contributed by atoms with van der Waals surface area (Å²) in [5.74, 6) is 3.60. The first-order valence-corrected chi connectivity index (χ1v) is 9.55. The second-order valence-electron chi connectivity index (χ2n) is 6.32. The van der Waals surface area contributed by atoms with Gasteiger partial charge in [-0.25, -0.2) is 4.98 Å². The quantitative estimate of drug-likeness (QED) is 0.168. The van der Waals surface area contributed by atoms with Crippen LogP contribution in [-0.2, 0) is 13.1 Å². The Morgan fingerprint density at radius 2 is 1.87 bits per heavy atom. The van der Waals surface area contributed by atoms with Crippen molar-refractivity contribution < 1.29 is 9.47 Å². The second-order valence-corrected chi connectivity index (χ2v) is 6.32. The van der Waals surface area contributed by atoms with Crippen molar-refractivity contribution in [1.82, 2.24) is 25.8 Å². The van der Waals surface area contributed by atoms with E-state index < -0.39 is 0 Å². The summed E-state index contributed by atoms with van der Waals surface area (Å²) in [6.07, 6.45) is 1.72. The van der Waals surface area contributed by atoms with Gasteiger partial charge < -0.3 is 20.1 Å². The van der Waals surface area contributed by atoms with E-state index >= 15 is 0 Å². The molecule has 164 valence electrons. The topological polar surface area (TPSA) is 96.4 Å². The van der Waals surface area contributed by atoms with Gasteiger partial charge >= 0.3 is 0 Å². The molecule has 31 heavy (non-hydrogen) atoms. The van der Waals surface area contributed by atoms with E-state index in [9.17, 15) is 0 Å². The van der Waals surface area contributed by atoms with Crippen molar-refractivity contribution in [3.8, 4) is 22.9 Å². The molecule has 0 spiro atoms. The van der Waals surface area contributed by atoms with Gasteiger partial charge in [0.2, 0.25) is 0 Å². The lowest BCUT2D eigenvalue weighted by molar-refractivity contribution is 0.358. The van der Waals surface area contributed by atoms with Crippen molar-refractivity contribution in [2.24, 2.45) is 4.99 Å². The highest BCUT2D eigenvalue weighted by Crippen LogP contribution is 2.19. The lowest BCUT2D eigenvalue weighted by atomic mass is 10.2. The molecule has 0 saturated carbocycles. The summed E-state index contributed by atoms with van der Waals surface area (Å²) in [5, 5.41) is 13.7. The molecule has 0 aliphatic carbocycles. The first-order chi connectivity index (χ1) is 14.7. The number of nitrogens with one attached hydrogen (secondary N) is 3. The summed E-state index contributed by atoms with van der Waals surface area (Å²) in [7, 11) is 3.36. The summed E-state index contributed by atoms with van der Waals surface area (Å²) in [6, 6.07) is 15.5. The van der Waals surface area contributed by atoms with Crippen LogP contribution in [-0.4, -0.2) is 41.9 Å². The summed E-state index contributed by atoms with van der Waals surface area (Å²) in [4.78, 5) is 8.78. The fourth-order valence-corrected chi connectivity index (χ4v) is 2.75. The highest BCUT2D eigenvalue weighted by Gasteiger charge is 2.08. The molecule has 8 nitrogen and oxygen atoms in total. The van der Waals surface area contributed by atoms with Gasteiger partial charge in [-0.1, -0.05) is 30.9 Å². The van der Waals surface area contributed by atoms with Gasteiger partial charge in [-0.3, -0.25) is 10.1 Å². The van der Waals surface area contributed by atoms with Gasteiger partial charge in [-0.05, 0) is 30.3 Å². The molecular formula is C22H27IN6O2. The second kappa shape index (κ2) is 12.6. The van der Waals surface area contributed by atoms with Crippen LogP contribution in [0.25, 0.3) is 11.4 Å². The van der Waals surface area contributed by atoms with E-state index in [0.717, 1.165) is 22.6 Å². The van der Waals surface area contributed by atoms with Crippen LogP contribution in [0.3, 0.4) is 0 Å². The molecule has 1 heterocycles. The third kappa shape index (κ3) is 6.99. The van der Waals surface area contributed by atoms with Crippen LogP contribution < -0.4 is 20.1 Å². The molecule has 0 aliphatic rings. The molecule has 0 bridgehead atoms. The monoisotopic (exact) mass is 534 g/mol. The standard InChI is InChI=1S/C22H26N6O2.HI/c1-4-13-30-19-8-6-5-7-17(19)14-24-22(23-2)25-15-20-26-21(28-27-20)16-9-11-18(29-3)12-10-16;/h4-12H,1,13-15H2,2-3H3,(H2,23,24,25)(H,26,27,28);1H. The van der Waals surface area contributed by atoms with Crippen LogP contribution in [0.15, 0.2) is 66.2 Å². The van der Waals surface area contributed by atoms with Gasteiger partial charge in [-0.15, -0.1) is 24.0 Å². The Morgan fingerprint density at radius 1 is 1.13 bits per heavy atom. The zero-order valence-corrected chi connectivity index (χ0v) is 19.9. The molecule has 9 heteroatoms. The number of guanidine groups is 1. The molecule has 0 aliphatic heterocycles. The number of hydrogen-bond donors (Lipinski definition) is 3. The number of aromatic amines is 1. The molecule has 0 radical (unpaired) electrons. The average Bonchev–Trinajstić information content (AvgIpc) is 3.27. The van der Waals surface area contributed by atoms with E-state index in [1.807, 2.05) is 48.5 Å². The number of halogens is 1. The SMILES string of the molecule is C=CCOc1ccccc1CNC(=NC)NCc1nc(-c2ccc(OC)cc2)n[nH]1.I. The van der Waals surface area contributed by atoms with E-state index in [4.69, 9.17) is 9.47 Å². The Balaban J connectivity index is 0.00000341. The molecule has 0 unspecified atom stereocenters. The molecule has 3 N–H and O–H groups in total. The summed E-state index contributed by atoms with van der Waals surface area (Å²) < 4.78 is 10.9. The molecule has 0 amide bonds. The number of hydrogen-bond acceptors (Lipinski definition) is 5. The number of aliphatic imine (C=N–C) groups is 1. The summed E-state index contributed by atoms with van der Waals surface area (Å²) in [5.41, 5.74) is 1.95. The van der Waals surface area contributed by atoms with Crippen molar-refractivity contribution in [2.75, 3.05) is 20.8 Å². The molecule has 2 aromatic carbocycles. The fraction of sp³-hybridized carbons (Fsp3) is 0.227. The molecule has 3 aromatic rings. The number of nitrogens with zero attached hydrogens (tertiary/aromatic N) is 3. The Hall–Kier alpha value is -3.08. The maximum absolute atomic E-state index is 5.69. The minimum atomic E-state index is 0. The smallest absolute Gasteiger partial charge is 0.191 e. The van der Waals surface area contributed by atoms with Crippen LogP contribution in [0, 0.1) is 0 Å². The van der Waals surface area contributed by atoms with Gasteiger partial charge in [0.25, 0.3) is 0 Å². The zero-order chi connectivity index (χ0) is 21.2.